The van der Waals surface area contributed by atoms with E-state index in [1.54, 1.807) is 17.3 Å². The highest BCUT2D eigenvalue weighted by Crippen LogP contribution is 2.44. The highest BCUT2D eigenvalue weighted by atomic mass is 16.6. The Bertz CT molecular complexity index is 2330. The maximum atomic E-state index is 14.3. The molecular weight excluding hydrogens is 695 g/mol. The number of likely N-dealkylation sites (tertiary alicyclic amines) is 1. The molecular formula is C48H45N5O3. The number of hydrogen-bond acceptors (Lipinski definition) is 5. The van der Waals surface area contributed by atoms with Gasteiger partial charge >= 0.3 is 6.09 Å². The quantitative estimate of drug-likeness (QED) is 0.157. The summed E-state index contributed by atoms with van der Waals surface area (Å²) in [6, 6.07) is 51.4. The molecule has 0 bridgehead atoms. The molecule has 2 aromatic heterocycles. The summed E-state index contributed by atoms with van der Waals surface area (Å²) in [7, 11) is 0. The van der Waals surface area contributed by atoms with Crippen LogP contribution < -0.4 is 5.32 Å². The summed E-state index contributed by atoms with van der Waals surface area (Å²) in [5, 5.41) is 9.61. The summed E-state index contributed by atoms with van der Waals surface area (Å²) in [6.07, 6.45) is 3.73. The number of anilines is 1. The van der Waals surface area contributed by atoms with Crippen molar-refractivity contribution in [2.24, 2.45) is 5.92 Å². The third-order valence-corrected chi connectivity index (χ3v) is 10.5. The number of piperidine rings is 1. The number of hydrogen-bond donors (Lipinski definition) is 1. The van der Waals surface area contributed by atoms with Gasteiger partial charge in [-0.25, -0.2) is 9.48 Å². The molecule has 2 amide bonds. The number of nitrogens with zero attached hydrogens (tertiary/aromatic N) is 4. The average Bonchev–Trinajstić information content (AvgIpc) is 3.61. The second kappa shape index (κ2) is 15.3. The third kappa shape index (κ3) is 7.18. The minimum atomic E-state index is -0.849. The Labute approximate surface area is 327 Å². The van der Waals surface area contributed by atoms with Crippen LogP contribution in [-0.4, -0.2) is 50.4 Å². The lowest BCUT2D eigenvalue weighted by Gasteiger charge is -2.38. The fraction of sp³-hybridized carbons (Fsp3) is 0.208. The van der Waals surface area contributed by atoms with Crippen molar-refractivity contribution in [3.63, 3.8) is 0 Å². The second-order valence-electron chi connectivity index (χ2n) is 15.5. The van der Waals surface area contributed by atoms with Gasteiger partial charge in [-0.05, 0) is 79.8 Å². The molecule has 0 radical (unpaired) electrons. The van der Waals surface area contributed by atoms with Crippen molar-refractivity contribution >= 4 is 28.6 Å². The Hall–Kier alpha value is -6.54. The van der Waals surface area contributed by atoms with Crippen LogP contribution in [0.25, 0.3) is 22.2 Å². The van der Waals surface area contributed by atoms with E-state index in [9.17, 15) is 9.59 Å². The first-order valence-corrected chi connectivity index (χ1v) is 19.1. The number of carbonyl (C=O) groups excluding carboxylic acids is 2. The summed E-state index contributed by atoms with van der Waals surface area (Å²) in [5.41, 5.74) is 5.97. The standard InChI is InChI=1S/C48H45N5O3/c1-47(2,3)56-46(55)52-32-36(34-16-8-4-9-17-34)30-37(33-52)45(54)50-41-24-25-43-42(31-41)44(35-26-28-49-29-27-35)51-53(43)48(38-18-10-5-11-19-38,39-20-12-6-13-21-39)40-22-14-7-15-23-40/h4-29,31,36-37H,30,32-33H2,1-3H3,(H,50,54). The molecule has 1 fully saturated rings. The van der Waals surface area contributed by atoms with Crippen LogP contribution in [0.4, 0.5) is 10.5 Å². The lowest BCUT2D eigenvalue weighted by atomic mass is 9.77. The molecule has 1 saturated heterocycles. The molecule has 8 heteroatoms. The van der Waals surface area contributed by atoms with Crippen molar-refractivity contribution in [1.82, 2.24) is 19.7 Å². The summed E-state index contributed by atoms with van der Waals surface area (Å²) >= 11 is 0. The van der Waals surface area contributed by atoms with Crippen LogP contribution in [0.15, 0.2) is 164 Å². The van der Waals surface area contributed by atoms with E-state index < -0.39 is 23.2 Å². The van der Waals surface area contributed by atoms with Crippen LogP contribution in [0.3, 0.4) is 0 Å². The molecule has 280 valence electrons. The first kappa shape index (κ1) is 36.4. The zero-order valence-electron chi connectivity index (χ0n) is 31.9. The van der Waals surface area contributed by atoms with Crippen molar-refractivity contribution in [3.8, 4) is 11.3 Å². The van der Waals surface area contributed by atoms with Crippen LogP contribution in [0, 0.1) is 5.92 Å². The summed E-state index contributed by atoms with van der Waals surface area (Å²) in [5.74, 6) is -0.626. The van der Waals surface area contributed by atoms with Gasteiger partial charge in [0.1, 0.15) is 16.8 Å². The Morgan fingerprint density at radius 1 is 0.696 bits per heavy atom. The zero-order valence-corrected chi connectivity index (χ0v) is 31.9. The van der Waals surface area contributed by atoms with Gasteiger partial charge in [0.15, 0.2) is 0 Å². The SMILES string of the molecule is CC(C)(C)OC(=O)N1CC(C(=O)Nc2ccc3c(c2)c(-c2ccncc2)nn3C(c2ccccc2)(c2ccccc2)c2ccccc2)CC(c2ccccc2)C1. The first-order chi connectivity index (χ1) is 27.2. The van der Waals surface area contributed by atoms with Gasteiger partial charge in [0, 0.05) is 48.0 Å². The van der Waals surface area contributed by atoms with Gasteiger partial charge in [-0.3, -0.25) is 9.78 Å². The number of carbonyl (C=O) groups is 2. The van der Waals surface area contributed by atoms with Gasteiger partial charge in [0.05, 0.1) is 11.4 Å². The van der Waals surface area contributed by atoms with Gasteiger partial charge in [0.2, 0.25) is 5.91 Å². The van der Waals surface area contributed by atoms with Gasteiger partial charge in [-0.2, -0.15) is 5.10 Å². The molecule has 8 rings (SSSR count). The van der Waals surface area contributed by atoms with Crippen LogP contribution in [0.5, 0.6) is 0 Å². The van der Waals surface area contributed by atoms with E-state index in [1.807, 2.05) is 87.5 Å². The molecule has 1 aliphatic rings. The molecule has 3 heterocycles. The summed E-state index contributed by atoms with van der Waals surface area (Å²) < 4.78 is 7.91. The molecule has 2 unspecified atom stereocenters. The number of rotatable bonds is 8. The van der Waals surface area contributed by atoms with E-state index in [0.717, 1.165) is 44.4 Å². The van der Waals surface area contributed by atoms with Gasteiger partial charge < -0.3 is 15.0 Å². The molecule has 7 aromatic rings. The topological polar surface area (TPSA) is 89.3 Å². The van der Waals surface area contributed by atoms with Crippen molar-refractivity contribution < 1.29 is 14.3 Å². The number of amides is 2. The predicted octanol–water partition coefficient (Wildman–Crippen LogP) is 9.92. The maximum absolute atomic E-state index is 14.3. The normalized spacial score (nSPS) is 16.0. The van der Waals surface area contributed by atoms with Gasteiger partial charge in [-0.15, -0.1) is 0 Å². The molecule has 1 N–H and O–H groups in total. The maximum Gasteiger partial charge on any atom is 0.410 e. The van der Waals surface area contributed by atoms with E-state index in [1.165, 1.54) is 0 Å². The minimum absolute atomic E-state index is 0.0192. The fourth-order valence-corrected chi connectivity index (χ4v) is 8.06. The van der Waals surface area contributed by atoms with Crippen LogP contribution in [-0.2, 0) is 15.1 Å². The Morgan fingerprint density at radius 3 is 1.80 bits per heavy atom. The monoisotopic (exact) mass is 739 g/mol. The fourth-order valence-electron chi connectivity index (χ4n) is 8.06. The number of aromatic nitrogens is 3. The Kier molecular flexibility index (Phi) is 9.96. The molecule has 0 aliphatic carbocycles. The lowest BCUT2D eigenvalue weighted by Crippen LogP contribution is -2.48. The van der Waals surface area contributed by atoms with Crippen LogP contribution in [0.2, 0.25) is 0 Å². The lowest BCUT2D eigenvalue weighted by molar-refractivity contribution is -0.121. The van der Waals surface area contributed by atoms with Gasteiger partial charge in [-0.1, -0.05) is 121 Å². The zero-order chi connectivity index (χ0) is 38.7. The first-order valence-electron chi connectivity index (χ1n) is 19.1. The highest BCUT2D eigenvalue weighted by molar-refractivity contribution is 6.00. The number of fused-ring (bicyclic) bond motifs is 1. The molecule has 2 atom stereocenters. The third-order valence-electron chi connectivity index (χ3n) is 10.5. The number of benzene rings is 5. The van der Waals surface area contributed by atoms with E-state index in [4.69, 9.17) is 9.84 Å². The Balaban J connectivity index is 1.23. The van der Waals surface area contributed by atoms with E-state index in [0.29, 0.717) is 18.7 Å². The van der Waals surface area contributed by atoms with Crippen molar-refractivity contribution in [3.05, 3.63) is 186 Å². The van der Waals surface area contributed by atoms with E-state index in [2.05, 4.69) is 99.9 Å². The van der Waals surface area contributed by atoms with Crippen LogP contribution >= 0.6 is 0 Å². The number of pyridine rings is 1. The van der Waals surface area contributed by atoms with Gasteiger partial charge in [0.25, 0.3) is 0 Å². The predicted molar refractivity (Wildman–Crippen MR) is 221 cm³/mol. The Morgan fingerprint density at radius 2 is 1.25 bits per heavy atom. The molecule has 5 aromatic carbocycles. The molecule has 1 aliphatic heterocycles. The molecule has 56 heavy (non-hydrogen) atoms. The summed E-state index contributed by atoms with van der Waals surface area (Å²) in [6.45, 7) is 6.32. The summed E-state index contributed by atoms with van der Waals surface area (Å²) in [4.78, 5) is 33.7. The average molecular weight is 740 g/mol. The molecule has 8 nitrogen and oxygen atoms in total. The minimum Gasteiger partial charge on any atom is -0.444 e. The second-order valence-corrected chi connectivity index (χ2v) is 15.5. The van der Waals surface area contributed by atoms with Crippen LogP contribution in [0.1, 0.15) is 55.4 Å². The largest absolute Gasteiger partial charge is 0.444 e. The smallest absolute Gasteiger partial charge is 0.410 e. The van der Waals surface area contributed by atoms with E-state index >= 15 is 0 Å². The molecule has 0 saturated carbocycles. The van der Waals surface area contributed by atoms with Crippen molar-refractivity contribution in [2.45, 2.75) is 44.2 Å². The highest BCUT2D eigenvalue weighted by Gasteiger charge is 2.41. The number of nitrogens with one attached hydrogen (secondary N) is 1. The molecule has 0 spiro atoms. The van der Waals surface area contributed by atoms with Crippen molar-refractivity contribution in [2.75, 3.05) is 18.4 Å². The number of ether oxygens (including phenoxy) is 1. The van der Waals surface area contributed by atoms with E-state index in [-0.39, 0.29) is 18.4 Å². The van der Waals surface area contributed by atoms with Crippen molar-refractivity contribution in [1.29, 1.82) is 0 Å².